The molecule has 0 radical (unpaired) electrons. The molecule has 132 valence electrons. The minimum absolute atomic E-state index is 0.0217. The lowest BCUT2D eigenvalue weighted by Crippen LogP contribution is -2.44. The van der Waals surface area contributed by atoms with Crippen molar-refractivity contribution in [1.82, 2.24) is 9.88 Å². The number of hydrogen-bond acceptors (Lipinski definition) is 5. The zero-order chi connectivity index (χ0) is 17.7. The van der Waals surface area contributed by atoms with E-state index in [1.54, 1.807) is 9.47 Å². The number of phenolic OH excluding ortho intramolecular Hbond substituents is 1. The lowest BCUT2D eigenvalue weighted by Gasteiger charge is -2.30. The Labute approximate surface area is 142 Å². The van der Waals surface area contributed by atoms with Crippen LogP contribution in [-0.4, -0.2) is 46.9 Å². The SMILES string of the molecule is O=C(O)c1cn(C2CC2)c2c(O)c(N3CCNCC3)c(F)cc2c1=O. The van der Waals surface area contributed by atoms with E-state index in [1.807, 2.05) is 0 Å². The highest BCUT2D eigenvalue weighted by atomic mass is 19.1. The fourth-order valence-electron chi connectivity index (χ4n) is 3.44. The van der Waals surface area contributed by atoms with Crippen LogP contribution in [0.5, 0.6) is 5.75 Å². The summed E-state index contributed by atoms with van der Waals surface area (Å²) in [4.78, 5) is 25.6. The van der Waals surface area contributed by atoms with E-state index in [9.17, 15) is 24.2 Å². The number of carbonyl (C=O) groups is 1. The summed E-state index contributed by atoms with van der Waals surface area (Å²) >= 11 is 0. The predicted octanol–water partition coefficient (Wildman–Crippen LogP) is 1.29. The Balaban J connectivity index is 2.02. The van der Waals surface area contributed by atoms with Crippen molar-refractivity contribution in [1.29, 1.82) is 0 Å². The standard InChI is InChI=1S/C17H18FN3O4/c18-12-7-10-13(16(23)14(12)20-5-3-19-4-6-20)21(9-1-2-9)8-11(15(10)22)17(24)25/h7-9,19,23H,1-6H2,(H,24,25). The first kappa shape index (κ1) is 15.9. The Kier molecular flexibility index (Phi) is 3.64. The summed E-state index contributed by atoms with van der Waals surface area (Å²) in [5, 5.41) is 23.1. The number of anilines is 1. The van der Waals surface area contributed by atoms with Crippen LogP contribution < -0.4 is 15.6 Å². The van der Waals surface area contributed by atoms with Crippen LogP contribution in [0.1, 0.15) is 29.2 Å². The minimum Gasteiger partial charge on any atom is -0.504 e. The van der Waals surface area contributed by atoms with E-state index in [0.29, 0.717) is 26.2 Å². The lowest BCUT2D eigenvalue weighted by molar-refractivity contribution is 0.0695. The third-order valence-electron chi connectivity index (χ3n) is 4.82. The summed E-state index contributed by atoms with van der Waals surface area (Å²) in [7, 11) is 0. The average molecular weight is 347 g/mol. The Morgan fingerprint density at radius 1 is 1.28 bits per heavy atom. The van der Waals surface area contributed by atoms with E-state index >= 15 is 0 Å². The molecule has 2 fully saturated rings. The van der Waals surface area contributed by atoms with Crippen LogP contribution >= 0.6 is 0 Å². The summed E-state index contributed by atoms with van der Waals surface area (Å²) in [6.07, 6.45) is 2.93. The Morgan fingerprint density at radius 2 is 1.96 bits per heavy atom. The quantitative estimate of drug-likeness (QED) is 0.774. The van der Waals surface area contributed by atoms with Crippen molar-refractivity contribution in [3.05, 3.63) is 33.9 Å². The molecule has 8 heteroatoms. The highest BCUT2D eigenvalue weighted by Crippen LogP contribution is 2.43. The second kappa shape index (κ2) is 5.73. The molecule has 2 aliphatic rings. The largest absolute Gasteiger partial charge is 0.504 e. The average Bonchev–Trinajstić information content (AvgIpc) is 3.41. The van der Waals surface area contributed by atoms with Gasteiger partial charge in [-0.15, -0.1) is 0 Å². The Morgan fingerprint density at radius 3 is 2.56 bits per heavy atom. The number of carboxylic acids is 1. The Bertz CT molecular complexity index is 930. The first-order chi connectivity index (χ1) is 12.0. The molecule has 4 rings (SSSR count). The molecule has 1 aliphatic heterocycles. The van der Waals surface area contributed by atoms with Crippen LogP contribution in [0.25, 0.3) is 10.9 Å². The van der Waals surface area contributed by atoms with E-state index in [1.165, 1.54) is 6.20 Å². The number of phenols is 1. The molecule has 2 aromatic rings. The maximum absolute atomic E-state index is 14.7. The molecule has 1 saturated heterocycles. The van der Waals surface area contributed by atoms with Crippen molar-refractivity contribution in [3.63, 3.8) is 0 Å². The molecular formula is C17H18FN3O4. The summed E-state index contributed by atoms with van der Waals surface area (Å²) in [5.41, 5.74) is -0.896. The summed E-state index contributed by atoms with van der Waals surface area (Å²) in [6, 6.07) is 1.08. The number of fused-ring (bicyclic) bond motifs is 1. The van der Waals surface area contributed by atoms with Gasteiger partial charge in [-0.05, 0) is 18.9 Å². The van der Waals surface area contributed by atoms with Crippen molar-refractivity contribution >= 4 is 22.6 Å². The number of carboxylic acid groups (broad SMARTS) is 1. The second-order valence-corrected chi connectivity index (χ2v) is 6.50. The topological polar surface area (TPSA) is 94.8 Å². The fourth-order valence-corrected chi connectivity index (χ4v) is 3.44. The van der Waals surface area contributed by atoms with Gasteiger partial charge >= 0.3 is 5.97 Å². The van der Waals surface area contributed by atoms with E-state index in [2.05, 4.69) is 5.32 Å². The highest BCUT2D eigenvalue weighted by Gasteiger charge is 2.30. The number of rotatable bonds is 3. The Hall–Kier alpha value is -2.61. The van der Waals surface area contributed by atoms with Gasteiger partial charge in [-0.1, -0.05) is 0 Å². The number of nitrogens with zero attached hydrogens (tertiary/aromatic N) is 2. The molecule has 1 saturated carbocycles. The second-order valence-electron chi connectivity index (χ2n) is 6.50. The zero-order valence-electron chi connectivity index (χ0n) is 13.5. The van der Waals surface area contributed by atoms with Gasteiger partial charge in [0, 0.05) is 38.4 Å². The molecule has 1 aromatic carbocycles. The molecule has 3 N–H and O–H groups in total. The molecule has 0 amide bonds. The maximum atomic E-state index is 14.7. The molecule has 1 aliphatic carbocycles. The molecule has 25 heavy (non-hydrogen) atoms. The lowest BCUT2D eigenvalue weighted by atomic mass is 10.1. The van der Waals surface area contributed by atoms with Gasteiger partial charge in [0.1, 0.15) is 11.3 Å². The summed E-state index contributed by atoms with van der Waals surface area (Å²) in [6.45, 7) is 2.42. The highest BCUT2D eigenvalue weighted by molar-refractivity contribution is 5.96. The van der Waals surface area contributed by atoms with E-state index in [0.717, 1.165) is 18.9 Å². The first-order valence-corrected chi connectivity index (χ1v) is 8.28. The smallest absolute Gasteiger partial charge is 0.341 e. The van der Waals surface area contributed by atoms with Crippen LogP contribution in [0.4, 0.5) is 10.1 Å². The van der Waals surface area contributed by atoms with Gasteiger partial charge in [0.05, 0.1) is 10.9 Å². The molecular weight excluding hydrogens is 329 g/mol. The number of aromatic nitrogens is 1. The van der Waals surface area contributed by atoms with Gasteiger partial charge in [-0.2, -0.15) is 0 Å². The van der Waals surface area contributed by atoms with Crippen LogP contribution in [0.2, 0.25) is 0 Å². The molecule has 1 aromatic heterocycles. The molecule has 0 unspecified atom stereocenters. The third-order valence-corrected chi connectivity index (χ3v) is 4.82. The van der Waals surface area contributed by atoms with Gasteiger partial charge in [-0.3, -0.25) is 4.79 Å². The maximum Gasteiger partial charge on any atom is 0.341 e. The van der Waals surface area contributed by atoms with Crippen LogP contribution in [0.3, 0.4) is 0 Å². The van der Waals surface area contributed by atoms with Gasteiger partial charge in [0.15, 0.2) is 11.6 Å². The predicted molar refractivity (Wildman–Crippen MR) is 90.1 cm³/mol. The van der Waals surface area contributed by atoms with Gasteiger partial charge < -0.3 is 25.0 Å². The van der Waals surface area contributed by atoms with Gasteiger partial charge in [-0.25, -0.2) is 9.18 Å². The summed E-state index contributed by atoms with van der Waals surface area (Å²) in [5.74, 6) is -2.36. The number of nitrogens with one attached hydrogen (secondary N) is 1. The van der Waals surface area contributed by atoms with Crippen molar-refractivity contribution < 1.29 is 19.4 Å². The van der Waals surface area contributed by atoms with Crippen LogP contribution in [0, 0.1) is 5.82 Å². The normalized spacial score (nSPS) is 17.9. The molecule has 0 atom stereocenters. The molecule has 2 heterocycles. The van der Waals surface area contributed by atoms with Crippen LogP contribution in [-0.2, 0) is 0 Å². The number of piperazine rings is 1. The number of aromatic hydroxyl groups is 1. The minimum atomic E-state index is -1.35. The molecule has 7 nitrogen and oxygen atoms in total. The zero-order valence-corrected chi connectivity index (χ0v) is 13.5. The number of aromatic carboxylic acids is 1. The van der Waals surface area contributed by atoms with E-state index in [4.69, 9.17) is 0 Å². The van der Waals surface area contributed by atoms with Crippen molar-refractivity contribution in [2.45, 2.75) is 18.9 Å². The number of benzene rings is 1. The van der Waals surface area contributed by atoms with Gasteiger partial charge in [0.25, 0.3) is 0 Å². The van der Waals surface area contributed by atoms with Crippen LogP contribution in [0.15, 0.2) is 17.1 Å². The number of hydrogen-bond donors (Lipinski definition) is 3. The third kappa shape index (κ3) is 2.53. The van der Waals surface area contributed by atoms with Crippen molar-refractivity contribution in [2.24, 2.45) is 0 Å². The van der Waals surface area contributed by atoms with E-state index < -0.39 is 22.8 Å². The number of pyridine rings is 1. The fraction of sp³-hybridized carbons (Fsp3) is 0.412. The van der Waals surface area contributed by atoms with E-state index in [-0.39, 0.29) is 28.4 Å². The van der Waals surface area contributed by atoms with Gasteiger partial charge in [0.2, 0.25) is 5.43 Å². The monoisotopic (exact) mass is 347 g/mol. The van der Waals surface area contributed by atoms with Crippen molar-refractivity contribution in [3.8, 4) is 5.75 Å². The molecule has 0 spiro atoms. The van der Waals surface area contributed by atoms with Crippen molar-refractivity contribution in [2.75, 3.05) is 31.1 Å². The number of halogens is 1. The first-order valence-electron chi connectivity index (χ1n) is 8.28. The molecule has 0 bridgehead atoms. The summed E-state index contributed by atoms with van der Waals surface area (Å²) < 4.78 is 16.3.